The third kappa shape index (κ3) is 2.83. The van der Waals surface area contributed by atoms with E-state index in [1.807, 2.05) is 18.2 Å². The molecule has 88 valence electrons. The van der Waals surface area contributed by atoms with E-state index in [0.29, 0.717) is 0 Å². The molecule has 0 saturated carbocycles. The Morgan fingerprint density at radius 1 is 1.31 bits per heavy atom. The van der Waals surface area contributed by atoms with Gasteiger partial charge in [0.05, 0.1) is 6.42 Å². The van der Waals surface area contributed by atoms with Crippen LogP contribution < -0.4 is 5.73 Å². The molecule has 0 aliphatic heterocycles. The van der Waals surface area contributed by atoms with Crippen molar-refractivity contribution in [2.45, 2.75) is 39.2 Å². The van der Waals surface area contributed by atoms with Crippen LogP contribution in [0, 0.1) is 0 Å². The first-order valence-corrected chi connectivity index (χ1v) is 5.68. The van der Waals surface area contributed by atoms with Gasteiger partial charge in [0, 0.05) is 6.04 Å². The fraction of sp³-hybridized carbons (Fsp3) is 0.462. The van der Waals surface area contributed by atoms with Crippen molar-refractivity contribution in [2.75, 3.05) is 0 Å². The van der Waals surface area contributed by atoms with Crippen LogP contribution in [0.25, 0.3) is 0 Å². The molecule has 0 radical (unpaired) electrons. The smallest absolute Gasteiger partial charge is 0.305 e. The van der Waals surface area contributed by atoms with Crippen molar-refractivity contribution < 1.29 is 9.90 Å². The van der Waals surface area contributed by atoms with Crippen LogP contribution >= 0.6 is 0 Å². The lowest BCUT2D eigenvalue weighted by Crippen LogP contribution is -2.18. The Hall–Kier alpha value is -1.35. The molecule has 0 aromatic heterocycles. The van der Waals surface area contributed by atoms with Crippen LogP contribution in [-0.2, 0) is 17.6 Å². The highest BCUT2D eigenvalue weighted by molar-refractivity contribution is 5.68. The highest BCUT2D eigenvalue weighted by atomic mass is 16.4. The van der Waals surface area contributed by atoms with Gasteiger partial charge in [0.1, 0.15) is 0 Å². The molecule has 0 aliphatic rings. The first kappa shape index (κ1) is 12.7. The summed E-state index contributed by atoms with van der Waals surface area (Å²) in [6, 6.07) is 5.66. The van der Waals surface area contributed by atoms with Crippen LogP contribution in [0.5, 0.6) is 0 Å². The summed E-state index contributed by atoms with van der Waals surface area (Å²) in [6.45, 7) is 4.12. The Balaban J connectivity index is 3.12. The van der Waals surface area contributed by atoms with E-state index in [1.54, 1.807) is 0 Å². The number of hydrogen-bond donors (Lipinski definition) is 2. The molecule has 3 N–H and O–H groups in total. The Labute approximate surface area is 96.3 Å². The van der Waals surface area contributed by atoms with Gasteiger partial charge in [-0.1, -0.05) is 32.0 Å². The number of rotatable bonds is 5. The summed E-state index contributed by atoms with van der Waals surface area (Å²) in [6.07, 6.45) is 1.76. The van der Waals surface area contributed by atoms with Crippen molar-refractivity contribution in [1.29, 1.82) is 0 Å². The summed E-state index contributed by atoms with van der Waals surface area (Å²) in [7, 11) is 0. The van der Waals surface area contributed by atoms with Gasteiger partial charge in [0.15, 0.2) is 0 Å². The molecule has 0 saturated heterocycles. The van der Waals surface area contributed by atoms with Crippen molar-refractivity contribution >= 4 is 5.97 Å². The van der Waals surface area contributed by atoms with Crippen LogP contribution in [0.3, 0.4) is 0 Å². The third-order valence-corrected chi connectivity index (χ3v) is 2.81. The molecule has 0 spiro atoms. The molecule has 16 heavy (non-hydrogen) atoms. The summed E-state index contributed by atoms with van der Waals surface area (Å²) in [4.78, 5) is 10.7. The molecule has 0 heterocycles. The molecule has 0 amide bonds. The molecule has 1 aromatic carbocycles. The molecular formula is C13H19NO2. The van der Waals surface area contributed by atoms with Crippen molar-refractivity contribution in [3.8, 4) is 0 Å². The summed E-state index contributed by atoms with van der Waals surface area (Å²) in [5.41, 5.74) is 9.31. The first-order valence-electron chi connectivity index (χ1n) is 5.68. The predicted octanol–water partition coefficient (Wildman–Crippen LogP) is 2.29. The number of nitrogens with two attached hydrogens (primary N) is 1. The van der Waals surface area contributed by atoms with Crippen molar-refractivity contribution in [1.82, 2.24) is 0 Å². The Morgan fingerprint density at radius 3 is 2.19 bits per heavy atom. The molecular weight excluding hydrogens is 202 g/mol. The average molecular weight is 221 g/mol. The quantitative estimate of drug-likeness (QED) is 0.801. The van der Waals surface area contributed by atoms with Gasteiger partial charge < -0.3 is 10.8 Å². The third-order valence-electron chi connectivity index (χ3n) is 2.81. The Kier molecular flexibility index (Phi) is 4.50. The molecule has 0 aliphatic carbocycles. The SMILES string of the molecule is CCc1cccc(CC)c1C(N)CC(=O)O. The number of aliphatic carboxylic acids is 1. The first-order chi connectivity index (χ1) is 7.60. The van der Waals surface area contributed by atoms with Crippen LogP contribution in [0.15, 0.2) is 18.2 Å². The lowest BCUT2D eigenvalue weighted by molar-refractivity contribution is -0.137. The molecule has 1 atom stereocenters. The van der Waals surface area contributed by atoms with Gasteiger partial charge in [-0.05, 0) is 29.5 Å². The fourth-order valence-corrected chi connectivity index (χ4v) is 2.05. The normalized spacial score (nSPS) is 12.4. The maximum atomic E-state index is 10.7. The maximum Gasteiger partial charge on any atom is 0.305 e. The highest BCUT2D eigenvalue weighted by Crippen LogP contribution is 2.24. The molecule has 0 fully saturated rings. The summed E-state index contributed by atoms with van der Waals surface area (Å²) in [5, 5.41) is 8.79. The summed E-state index contributed by atoms with van der Waals surface area (Å²) < 4.78 is 0. The number of hydrogen-bond acceptors (Lipinski definition) is 2. The van der Waals surface area contributed by atoms with Crippen molar-refractivity contribution in [3.05, 3.63) is 34.9 Å². The monoisotopic (exact) mass is 221 g/mol. The topological polar surface area (TPSA) is 63.3 Å². The predicted molar refractivity (Wildman–Crippen MR) is 64.4 cm³/mol. The van der Waals surface area contributed by atoms with Gasteiger partial charge in [-0.15, -0.1) is 0 Å². The van der Waals surface area contributed by atoms with Gasteiger partial charge in [0.25, 0.3) is 0 Å². The van der Waals surface area contributed by atoms with Crippen LogP contribution in [0.1, 0.15) is 43.0 Å². The standard InChI is InChI=1S/C13H19NO2/c1-3-9-6-5-7-10(4-2)13(9)11(14)8-12(15)16/h5-7,11H,3-4,8,14H2,1-2H3,(H,15,16). The van der Waals surface area contributed by atoms with E-state index in [1.165, 1.54) is 0 Å². The summed E-state index contributed by atoms with van der Waals surface area (Å²) >= 11 is 0. The second-order valence-corrected chi connectivity index (χ2v) is 3.90. The minimum absolute atomic E-state index is 0.00991. The Bertz CT molecular complexity index is 352. The largest absolute Gasteiger partial charge is 0.481 e. The van der Waals surface area contributed by atoms with Gasteiger partial charge in [-0.3, -0.25) is 4.79 Å². The van der Waals surface area contributed by atoms with E-state index in [4.69, 9.17) is 10.8 Å². The van der Waals surface area contributed by atoms with E-state index in [9.17, 15) is 4.79 Å². The van der Waals surface area contributed by atoms with Gasteiger partial charge in [-0.25, -0.2) is 0 Å². The molecule has 0 bridgehead atoms. The average Bonchev–Trinajstić information content (AvgIpc) is 2.26. The summed E-state index contributed by atoms with van der Waals surface area (Å²) in [5.74, 6) is -0.847. The zero-order valence-electron chi connectivity index (χ0n) is 9.86. The molecule has 1 aromatic rings. The molecule has 1 rings (SSSR count). The lowest BCUT2D eigenvalue weighted by atomic mass is 9.91. The van der Waals surface area contributed by atoms with Crippen molar-refractivity contribution in [3.63, 3.8) is 0 Å². The van der Waals surface area contributed by atoms with E-state index >= 15 is 0 Å². The van der Waals surface area contributed by atoms with Gasteiger partial charge >= 0.3 is 5.97 Å². The Morgan fingerprint density at radius 2 is 1.81 bits per heavy atom. The minimum atomic E-state index is -0.847. The van der Waals surface area contributed by atoms with Gasteiger partial charge in [0.2, 0.25) is 0 Å². The van der Waals surface area contributed by atoms with Crippen LogP contribution in [-0.4, -0.2) is 11.1 Å². The second kappa shape index (κ2) is 5.66. The zero-order valence-corrected chi connectivity index (χ0v) is 9.86. The van der Waals surface area contributed by atoms with Gasteiger partial charge in [-0.2, -0.15) is 0 Å². The molecule has 3 nitrogen and oxygen atoms in total. The van der Waals surface area contributed by atoms with E-state index in [0.717, 1.165) is 29.5 Å². The number of benzene rings is 1. The van der Waals surface area contributed by atoms with E-state index in [2.05, 4.69) is 13.8 Å². The number of carboxylic acids is 1. The van der Waals surface area contributed by atoms with E-state index in [-0.39, 0.29) is 6.42 Å². The molecule has 1 unspecified atom stereocenters. The van der Waals surface area contributed by atoms with Crippen molar-refractivity contribution in [2.24, 2.45) is 5.73 Å². The highest BCUT2D eigenvalue weighted by Gasteiger charge is 2.16. The zero-order chi connectivity index (χ0) is 12.1. The van der Waals surface area contributed by atoms with Crippen LogP contribution in [0.2, 0.25) is 0 Å². The fourth-order valence-electron chi connectivity index (χ4n) is 2.05. The maximum absolute atomic E-state index is 10.7. The van der Waals surface area contributed by atoms with E-state index < -0.39 is 12.0 Å². The number of carboxylic acid groups (broad SMARTS) is 1. The minimum Gasteiger partial charge on any atom is -0.481 e. The lowest BCUT2D eigenvalue weighted by Gasteiger charge is -2.18. The molecule has 3 heteroatoms. The van der Waals surface area contributed by atoms with Crippen LogP contribution in [0.4, 0.5) is 0 Å². The number of carbonyl (C=O) groups is 1. The number of aryl methyl sites for hydroxylation is 2. The second-order valence-electron chi connectivity index (χ2n) is 3.90.